The molecule has 0 aromatic heterocycles. The standard InChI is InChI=1S/C17H25N3O5S/c1-17(2,3)19-15(21)10-18-16(22)11-5-8-13(25-4)14(9-11)26(23,24)20-12-6-7-12/h5,8-9,12,20H,6-7,10H2,1-4H3,(H,18,22)(H,19,21). The molecule has 8 nitrogen and oxygen atoms in total. The maximum atomic E-state index is 12.5. The molecule has 1 fully saturated rings. The fraction of sp³-hybridized carbons (Fsp3) is 0.529. The normalized spacial score (nSPS) is 14.6. The molecular formula is C17H25N3O5S. The second-order valence-electron chi connectivity index (χ2n) is 7.24. The van der Waals surface area contributed by atoms with E-state index < -0.39 is 21.5 Å². The number of carbonyl (C=O) groups excluding carboxylic acids is 2. The number of benzene rings is 1. The SMILES string of the molecule is COc1ccc(C(=O)NCC(=O)NC(C)(C)C)cc1S(=O)(=O)NC1CC1. The first-order valence-corrected chi connectivity index (χ1v) is 9.80. The highest BCUT2D eigenvalue weighted by Crippen LogP contribution is 2.28. The van der Waals surface area contributed by atoms with Gasteiger partial charge in [-0.3, -0.25) is 9.59 Å². The van der Waals surface area contributed by atoms with Gasteiger partial charge in [0.25, 0.3) is 5.91 Å². The average molecular weight is 383 g/mol. The van der Waals surface area contributed by atoms with Crippen LogP contribution in [-0.4, -0.2) is 45.5 Å². The Morgan fingerprint density at radius 3 is 2.42 bits per heavy atom. The monoisotopic (exact) mass is 383 g/mol. The van der Waals surface area contributed by atoms with Crippen LogP contribution in [0.4, 0.5) is 0 Å². The van der Waals surface area contributed by atoms with Gasteiger partial charge in [0.1, 0.15) is 10.6 Å². The topological polar surface area (TPSA) is 114 Å². The van der Waals surface area contributed by atoms with E-state index in [1.54, 1.807) is 0 Å². The first-order valence-electron chi connectivity index (χ1n) is 8.31. The zero-order chi connectivity index (χ0) is 19.5. The Morgan fingerprint density at radius 1 is 1.23 bits per heavy atom. The lowest BCUT2D eigenvalue weighted by atomic mass is 10.1. The molecule has 1 aromatic carbocycles. The number of hydrogen-bond donors (Lipinski definition) is 3. The summed E-state index contributed by atoms with van der Waals surface area (Å²) in [6.07, 6.45) is 1.59. The van der Waals surface area contributed by atoms with Gasteiger partial charge in [-0.05, 0) is 51.8 Å². The van der Waals surface area contributed by atoms with Crippen LogP contribution >= 0.6 is 0 Å². The molecule has 1 aliphatic rings. The average Bonchev–Trinajstić information content (AvgIpc) is 3.33. The molecule has 144 valence electrons. The number of rotatable bonds is 7. The number of carbonyl (C=O) groups is 2. The van der Waals surface area contributed by atoms with Crippen LogP contribution in [0.15, 0.2) is 23.1 Å². The predicted molar refractivity (Wildman–Crippen MR) is 96.6 cm³/mol. The molecule has 9 heteroatoms. The van der Waals surface area contributed by atoms with Crippen molar-refractivity contribution in [2.75, 3.05) is 13.7 Å². The molecule has 1 aliphatic carbocycles. The lowest BCUT2D eigenvalue weighted by Crippen LogP contribution is -2.45. The number of amides is 2. The third-order valence-corrected chi connectivity index (χ3v) is 5.08. The number of methoxy groups -OCH3 is 1. The van der Waals surface area contributed by atoms with E-state index in [0.29, 0.717) is 0 Å². The van der Waals surface area contributed by atoms with Crippen LogP contribution in [0.25, 0.3) is 0 Å². The molecule has 0 spiro atoms. The molecule has 1 saturated carbocycles. The molecule has 0 saturated heterocycles. The summed E-state index contributed by atoms with van der Waals surface area (Å²) in [5.41, 5.74) is -0.275. The molecule has 0 unspecified atom stereocenters. The molecule has 3 N–H and O–H groups in total. The van der Waals surface area contributed by atoms with Crippen LogP contribution in [0.5, 0.6) is 5.75 Å². The summed E-state index contributed by atoms with van der Waals surface area (Å²) >= 11 is 0. The van der Waals surface area contributed by atoms with Gasteiger partial charge in [-0.15, -0.1) is 0 Å². The first kappa shape index (κ1) is 20.2. The predicted octanol–water partition coefficient (Wildman–Crippen LogP) is 0.780. The number of ether oxygens (including phenoxy) is 1. The van der Waals surface area contributed by atoms with Crippen LogP contribution in [0, 0.1) is 0 Å². The Bertz CT molecular complexity index is 795. The first-order chi connectivity index (χ1) is 12.0. The molecule has 0 radical (unpaired) electrons. The van der Waals surface area contributed by atoms with Gasteiger partial charge in [0.2, 0.25) is 15.9 Å². The van der Waals surface area contributed by atoms with Crippen molar-refractivity contribution < 1.29 is 22.7 Å². The van der Waals surface area contributed by atoms with Gasteiger partial charge in [-0.25, -0.2) is 13.1 Å². The number of sulfonamides is 1. The lowest BCUT2D eigenvalue weighted by molar-refractivity contribution is -0.121. The molecule has 0 atom stereocenters. The van der Waals surface area contributed by atoms with Gasteiger partial charge in [0, 0.05) is 17.1 Å². The van der Waals surface area contributed by atoms with E-state index >= 15 is 0 Å². The summed E-state index contributed by atoms with van der Waals surface area (Å²) in [6, 6.07) is 4.06. The van der Waals surface area contributed by atoms with Crippen LogP contribution < -0.4 is 20.1 Å². The maximum absolute atomic E-state index is 12.5. The zero-order valence-corrected chi connectivity index (χ0v) is 16.2. The van der Waals surface area contributed by atoms with E-state index in [2.05, 4.69) is 15.4 Å². The zero-order valence-electron chi connectivity index (χ0n) is 15.4. The van der Waals surface area contributed by atoms with Gasteiger partial charge in [-0.2, -0.15) is 0 Å². The van der Waals surface area contributed by atoms with Crippen LogP contribution in [-0.2, 0) is 14.8 Å². The summed E-state index contributed by atoms with van der Waals surface area (Å²) < 4.78 is 32.6. The summed E-state index contributed by atoms with van der Waals surface area (Å²) in [4.78, 5) is 24.0. The summed E-state index contributed by atoms with van der Waals surface area (Å²) in [5, 5.41) is 5.21. The van der Waals surface area contributed by atoms with Crippen molar-refractivity contribution in [3.63, 3.8) is 0 Å². The Labute approximate surface area is 153 Å². The van der Waals surface area contributed by atoms with Crippen molar-refractivity contribution in [3.05, 3.63) is 23.8 Å². The summed E-state index contributed by atoms with van der Waals surface area (Å²) in [7, 11) is -2.42. The quantitative estimate of drug-likeness (QED) is 0.644. The van der Waals surface area contributed by atoms with E-state index in [0.717, 1.165) is 12.8 Å². The highest BCUT2D eigenvalue weighted by atomic mass is 32.2. The third kappa shape index (κ3) is 5.70. The van der Waals surface area contributed by atoms with Crippen molar-refractivity contribution >= 4 is 21.8 Å². The van der Waals surface area contributed by atoms with Gasteiger partial charge >= 0.3 is 0 Å². The van der Waals surface area contributed by atoms with E-state index in [1.807, 2.05) is 20.8 Å². The fourth-order valence-corrected chi connectivity index (χ4v) is 3.74. The van der Waals surface area contributed by atoms with Gasteiger partial charge in [0.05, 0.1) is 13.7 Å². The highest BCUT2D eigenvalue weighted by Gasteiger charge is 2.30. The van der Waals surface area contributed by atoms with E-state index in [4.69, 9.17) is 4.74 Å². The smallest absolute Gasteiger partial charge is 0.251 e. The van der Waals surface area contributed by atoms with Gasteiger partial charge in [-0.1, -0.05) is 0 Å². The number of nitrogens with one attached hydrogen (secondary N) is 3. The minimum Gasteiger partial charge on any atom is -0.495 e. The summed E-state index contributed by atoms with van der Waals surface area (Å²) in [5.74, 6) is -0.720. The maximum Gasteiger partial charge on any atom is 0.251 e. The van der Waals surface area contributed by atoms with Crippen LogP contribution in [0.3, 0.4) is 0 Å². The van der Waals surface area contributed by atoms with Crippen molar-refractivity contribution in [1.29, 1.82) is 0 Å². The fourth-order valence-electron chi connectivity index (χ4n) is 2.24. The van der Waals surface area contributed by atoms with Crippen LogP contribution in [0.1, 0.15) is 44.0 Å². The molecule has 1 aromatic rings. The lowest BCUT2D eigenvalue weighted by Gasteiger charge is -2.20. The second-order valence-corrected chi connectivity index (χ2v) is 8.92. The molecule has 2 amide bonds. The van der Waals surface area contributed by atoms with Gasteiger partial charge < -0.3 is 15.4 Å². The Hall–Kier alpha value is -2.13. The Kier molecular flexibility index (Phi) is 5.92. The second kappa shape index (κ2) is 7.63. The molecule has 0 bridgehead atoms. The Morgan fingerprint density at radius 2 is 1.88 bits per heavy atom. The largest absolute Gasteiger partial charge is 0.495 e. The summed E-state index contributed by atoms with van der Waals surface area (Å²) in [6.45, 7) is 5.30. The molecule has 2 rings (SSSR count). The Balaban J connectivity index is 2.13. The van der Waals surface area contributed by atoms with E-state index in [1.165, 1.54) is 25.3 Å². The van der Waals surface area contributed by atoms with E-state index in [9.17, 15) is 18.0 Å². The minimum absolute atomic E-state index is 0.0664. The van der Waals surface area contributed by atoms with Gasteiger partial charge in [0.15, 0.2) is 0 Å². The van der Waals surface area contributed by atoms with E-state index in [-0.39, 0.29) is 34.7 Å². The molecule has 0 heterocycles. The van der Waals surface area contributed by atoms with Crippen molar-refractivity contribution in [3.8, 4) is 5.75 Å². The van der Waals surface area contributed by atoms with Crippen molar-refractivity contribution in [1.82, 2.24) is 15.4 Å². The molecular weight excluding hydrogens is 358 g/mol. The van der Waals surface area contributed by atoms with Crippen molar-refractivity contribution in [2.45, 2.75) is 50.1 Å². The molecule has 0 aliphatic heterocycles. The van der Waals surface area contributed by atoms with Crippen LogP contribution in [0.2, 0.25) is 0 Å². The molecule has 26 heavy (non-hydrogen) atoms. The highest BCUT2D eigenvalue weighted by molar-refractivity contribution is 7.89. The minimum atomic E-state index is -3.79. The van der Waals surface area contributed by atoms with Crippen molar-refractivity contribution in [2.24, 2.45) is 0 Å². The number of hydrogen-bond acceptors (Lipinski definition) is 5. The third-order valence-electron chi connectivity index (χ3n) is 3.54.